The number of nitrogens with one attached hydrogen (secondary N) is 1. The first-order chi connectivity index (χ1) is 12.1. The second-order valence-corrected chi connectivity index (χ2v) is 6.85. The molecule has 0 atom stereocenters. The Morgan fingerprint density at radius 1 is 1.32 bits per heavy atom. The molecule has 2 aromatic rings. The number of aromatic nitrogens is 2. The summed E-state index contributed by atoms with van der Waals surface area (Å²) in [7, 11) is 0. The summed E-state index contributed by atoms with van der Waals surface area (Å²) in [6.07, 6.45) is 6.33. The van der Waals surface area contributed by atoms with Gasteiger partial charge in [-0.2, -0.15) is 4.98 Å². The Labute approximate surface area is 148 Å². The highest BCUT2D eigenvalue weighted by Gasteiger charge is 2.13. The Kier molecular flexibility index (Phi) is 5.68. The summed E-state index contributed by atoms with van der Waals surface area (Å²) >= 11 is 0. The smallest absolute Gasteiger partial charge is 0.226 e. The van der Waals surface area contributed by atoms with Crippen molar-refractivity contribution >= 4 is 11.6 Å². The van der Waals surface area contributed by atoms with E-state index < -0.39 is 0 Å². The zero-order valence-electron chi connectivity index (χ0n) is 15.1. The van der Waals surface area contributed by atoms with E-state index in [1.165, 1.54) is 24.0 Å². The number of rotatable bonds is 6. The fraction of sp³-hybridized carbons (Fsp3) is 0.526. The van der Waals surface area contributed by atoms with Gasteiger partial charge in [-0.3, -0.25) is 4.99 Å². The third-order valence-corrected chi connectivity index (χ3v) is 4.49. The molecule has 6 heteroatoms. The molecular weight excluding hydrogens is 314 g/mol. The molecule has 6 nitrogen and oxygen atoms in total. The summed E-state index contributed by atoms with van der Waals surface area (Å²) < 4.78 is 5.23. The third-order valence-electron chi connectivity index (χ3n) is 4.49. The van der Waals surface area contributed by atoms with Gasteiger partial charge in [0.25, 0.3) is 0 Å². The molecule has 0 spiro atoms. The van der Waals surface area contributed by atoms with Crippen molar-refractivity contribution in [3.63, 3.8) is 0 Å². The van der Waals surface area contributed by atoms with Crippen molar-refractivity contribution < 1.29 is 4.52 Å². The van der Waals surface area contributed by atoms with Crippen LogP contribution in [-0.4, -0.2) is 22.6 Å². The molecule has 1 aliphatic rings. The average molecular weight is 341 g/mol. The normalized spacial score (nSPS) is 14.6. The number of aryl methyl sites for hydroxylation is 2. The van der Waals surface area contributed by atoms with Crippen molar-refractivity contribution in [2.24, 2.45) is 10.7 Å². The topological polar surface area (TPSA) is 89.3 Å². The van der Waals surface area contributed by atoms with E-state index in [0.717, 1.165) is 37.2 Å². The number of benzene rings is 1. The number of nitrogens with two attached hydrogens (primary N) is 1. The first-order valence-electron chi connectivity index (χ1n) is 9.13. The fourth-order valence-corrected chi connectivity index (χ4v) is 3.11. The van der Waals surface area contributed by atoms with Crippen molar-refractivity contribution in [1.29, 1.82) is 0 Å². The maximum atomic E-state index is 6.05. The number of aliphatic imine (C=N–C) groups is 1. The lowest BCUT2D eigenvalue weighted by molar-refractivity contribution is 0.369. The quantitative estimate of drug-likeness (QED) is 0.477. The van der Waals surface area contributed by atoms with Gasteiger partial charge in [-0.15, -0.1) is 0 Å². The van der Waals surface area contributed by atoms with Crippen LogP contribution in [-0.2, 0) is 19.3 Å². The van der Waals surface area contributed by atoms with Gasteiger partial charge in [0.2, 0.25) is 5.89 Å². The zero-order valence-corrected chi connectivity index (χ0v) is 15.1. The third kappa shape index (κ3) is 4.59. The Balaban J connectivity index is 1.50. The first-order valence-corrected chi connectivity index (χ1v) is 9.13. The lowest BCUT2D eigenvalue weighted by atomic mass is 9.90. The maximum Gasteiger partial charge on any atom is 0.226 e. The van der Waals surface area contributed by atoms with E-state index in [4.69, 9.17) is 10.3 Å². The highest BCUT2D eigenvalue weighted by molar-refractivity contribution is 5.93. The van der Waals surface area contributed by atoms with E-state index in [9.17, 15) is 0 Å². The molecule has 0 amide bonds. The number of nitrogens with zero attached hydrogens (tertiary/aromatic N) is 3. The van der Waals surface area contributed by atoms with E-state index in [0.29, 0.717) is 18.4 Å². The fourth-order valence-electron chi connectivity index (χ4n) is 3.11. The first kappa shape index (κ1) is 17.5. The minimum Gasteiger partial charge on any atom is -0.370 e. The van der Waals surface area contributed by atoms with Gasteiger partial charge in [0.1, 0.15) is 0 Å². The molecule has 0 fully saturated rings. The molecular formula is C19H27N5O. The lowest BCUT2D eigenvalue weighted by Gasteiger charge is -2.19. The molecule has 0 saturated heterocycles. The van der Waals surface area contributed by atoms with Crippen molar-refractivity contribution in [1.82, 2.24) is 10.1 Å². The Morgan fingerprint density at radius 3 is 2.96 bits per heavy atom. The standard InChI is InChI=1S/C19H27N5O/c1-13(2)18-23-17(25-24-18)11-6-12-21-19(20)22-16-10-5-8-14-7-3-4-9-15(14)16/h5,8,10,13H,3-4,6-7,9,11-12H2,1-2H3,(H3,20,21,22). The number of anilines is 1. The van der Waals surface area contributed by atoms with E-state index in [1.54, 1.807) is 0 Å². The summed E-state index contributed by atoms with van der Waals surface area (Å²) in [4.78, 5) is 8.79. The number of guanidine groups is 1. The Morgan fingerprint density at radius 2 is 2.16 bits per heavy atom. The molecule has 0 aliphatic heterocycles. The van der Waals surface area contributed by atoms with Crippen molar-refractivity contribution in [2.45, 2.75) is 58.3 Å². The van der Waals surface area contributed by atoms with Crippen molar-refractivity contribution in [3.8, 4) is 0 Å². The van der Waals surface area contributed by atoms with Crippen LogP contribution in [0.25, 0.3) is 0 Å². The van der Waals surface area contributed by atoms with Crippen LogP contribution in [0.15, 0.2) is 27.7 Å². The van der Waals surface area contributed by atoms with E-state index in [1.807, 2.05) is 13.8 Å². The maximum absolute atomic E-state index is 6.05. The van der Waals surface area contributed by atoms with Crippen LogP contribution in [0.2, 0.25) is 0 Å². The van der Waals surface area contributed by atoms with Gasteiger partial charge in [0, 0.05) is 24.6 Å². The molecule has 3 rings (SSSR count). The predicted molar refractivity (Wildman–Crippen MR) is 99.9 cm³/mol. The number of hydrogen-bond donors (Lipinski definition) is 2. The minimum absolute atomic E-state index is 0.284. The molecule has 1 aromatic carbocycles. The molecule has 0 radical (unpaired) electrons. The minimum atomic E-state index is 0.284. The van der Waals surface area contributed by atoms with Gasteiger partial charge in [-0.25, -0.2) is 0 Å². The molecule has 1 heterocycles. The van der Waals surface area contributed by atoms with Gasteiger partial charge in [0.15, 0.2) is 11.8 Å². The molecule has 1 aromatic heterocycles. The monoisotopic (exact) mass is 341 g/mol. The van der Waals surface area contributed by atoms with Crippen LogP contribution in [0.4, 0.5) is 5.69 Å². The summed E-state index contributed by atoms with van der Waals surface area (Å²) in [6, 6.07) is 6.38. The highest BCUT2D eigenvalue weighted by Crippen LogP contribution is 2.27. The molecule has 0 bridgehead atoms. The summed E-state index contributed by atoms with van der Waals surface area (Å²) in [6.45, 7) is 4.73. The SMILES string of the molecule is CC(C)c1noc(CCCN=C(N)Nc2cccc3c2CCCC3)n1. The highest BCUT2D eigenvalue weighted by atomic mass is 16.5. The molecule has 25 heavy (non-hydrogen) atoms. The van der Waals surface area contributed by atoms with Crippen LogP contribution >= 0.6 is 0 Å². The largest absolute Gasteiger partial charge is 0.370 e. The number of hydrogen-bond acceptors (Lipinski definition) is 4. The summed E-state index contributed by atoms with van der Waals surface area (Å²) in [5, 5.41) is 7.23. The molecule has 0 unspecified atom stereocenters. The van der Waals surface area contributed by atoms with Crippen molar-refractivity contribution in [2.75, 3.05) is 11.9 Å². The van der Waals surface area contributed by atoms with Crippen LogP contribution in [0.5, 0.6) is 0 Å². The average Bonchev–Trinajstić information content (AvgIpc) is 3.08. The zero-order chi connectivity index (χ0) is 17.6. The van der Waals surface area contributed by atoms with Gasteiger partial charge in [-0.1, -0.05) is 31.1 Å². The predicted octanol–water partition coefficient (Wildman–Crippen LogP) is 3.43. The van der Waals surface area contributed by atoms with Crippen molar-refractivity contribution in [3.05, 3.63) is 41.0 Å². The van der Waals surface area contributed by atoms with Gasteiger partial charge < -0.3 is 15.6 Å². The van der Waals surface area contributed by atoms with Gasteiger partial charge in [-0.05, 0) is 49.3 Å². The Bertz CT molecular complexity index is 735. The van der Waals surface area contributed by atoms with Crippen LogP contribution in [0.1, 0.15) is 61.9 Å². The summed E-state index contributed by atoms with van der Waals surface area (Å²) in [5.74, 6) is 2.18. The van der Waals surface area contributed by atoms with Crippen LogP contribution < -0.4 is 11.1 Å². The van der Waals surface area contributed by atoms with Gasteiger partial charge in [0.05, 0.1) is 0 Å². The number of fused-ring (bicyclic) bond motifs is 1. The summed E-state index contributed by atoms with van der Waals surface area (Å²) in [5.41, 5.74) is 9.96. The molecule has 3 N–H and O–H groups in total. The van der Waals surface area contributed by atoms with Crippen LogP contribution in [0, 0.1) is 0 Å². The van der Waals surface area contributed by atoms with E-state index in [2.05, 4.69) is 38.6 Å². The van der Waals surface area contributed by atoms with Crippen LogP contribution in [0.3, 0.4) is 0 Å². The second kappa shape index (κ2) is 8.14. The Hall–Kier alpha value is -2.37. The lowest BCUT2D eigenvalue weighted by Crippen LogP contribution is -2.24. The van der Waals surface area contributed by atoms with E-state index in [-0.39, 0.29) is 5.92 Å². The van der Waals surface area contributed by atoms with E-state index >= 15 is 0 Å². The second-order valence-electron chi connectivity index (χ2n) is 6.85. The molecule has 134 valence electrons. The van der Waals surface area contributed by atoms with Gasteiger partial charge >= 0.3 is 0 Å². The molecule has 0 saturated carbocycles. The molecule has 1 aliphatic carbocycles.